The number of anilines is 1. The number of amides is 2. The van der Waals surface area contributed by atoms with Crippen LogP contribution in [0.4, 0.5) is 5.69 Å². The van der Waals surface area contributed by atoms with E-state index < -0.39 is 11.8 Å². The Labute approximate surface area is 170 Å². The smallest absolute Gasteiger partial charge is 0.260 e. The molecule has 2 aromatic rings. The van der Waals surface area contributed by atoms with Gasteiger partial charge >= 0.3 is 0 Å². The monoisotopic (exact) mass is 434 g/mol. The average Bonchev–Trinajstić information content (AvgIpc) is 2.57. The van der Waals surface area contributed by atoms with Gasteiger partial charge < -0.3 is 15.0 Å². The van der Waals surface area contributed by atoms with Gasteiger partial charge in [0.2, 0.25) is 5.91 Å². The lowest BCUT2D eigenvalue weighted by atomic mass is 10.3. The number of likely N-dealkylation sites (N-methyl/N-ethyl adjacent to an activating group) is 1. The molecule has 2 rings (SSSR count). The third kappa shape index (κ3) is 5.68. The zero-order valence-corrected chi connectivity index (χ0v) is 16.6. The summed E-state index contributed by atoms with van der Waals surface area (Å²) in [5.41, 5.74) is 0.297. The Kier molecular flexibility index (Phi) is 7.41. The topological polar surface area (TPSA) is 58.6 Å². The molecule has 9 heteroatoms. The predicted molar refractivity (Wildman–Crippen MR) is 105 cm³/mol. The van der Waals surface area contributed by atoms with E-state index in [9.17, 15) is 9.59 Å². The van der Waals surface area contributed by atoms with Crippen LogP contribution in [0.25, 0.3) is 0 Å². The highest BCUT2D eigenvalue weighted by molar-refractivity contribution is 6.39. The van der Waals surface area contributed by atoms with Crippen molar-refractivity contribution in [2.45, 2.75) is 0 Å². The number of rotatable bonds is 6. The Balaban J connectivity index is 1.89. The van der Waals surface area contributed by atoms with Crippen LogP contribution < -0.4 is 10.1 Å². The molecule has 0 atom stereocenters. The SMILES string of the molecule is CN(CC(=O)Nc1c(Cl)cccc1Cl)C(=O)COc1ccc(Cl)cc1Cl. The number of carbonyl (C=O) groups is 2. The summed E-state index contributed by atoms with van der Waals surface area (Å²) in [5.74, 6) is -0.526. The molecule has 5 nitrogen and oxygen atoms in total. The van der Waals surface area contributed by atoms with Crippen molar-refractivity contribution >= 4 is 63.9 Å². The number of carbonyl (C=O) groups excluding carboxylic acids is 2. The van der Waals surface area contributed by atoms with Crippen LogP contribution >= 0.6 is 46.4 Å². The first-order chi connectivity index (χ1) is 12.3. The highest BCUT2D eigenvalue weighted by Gasteiger charge is 2.16. The quantitative estimate of drug-likeness (QED) is 0.710. The van der Waals surface area contributed by atoms with E-state index in [0.29, 0.717) is 31.5 Å². The van der Waals surface area contributed by atoms with E-state index in [4.69, 9.17) is 51.1 Å². The Morgan fingerprint density at radius 1 is 1.04 bits per heavy atom. The lowest BCUT2D eigenvalue weighted by Crippen LogP contribution is -2.37. The minimum Gasteiger partial charge on any atom is -0.482 e. The van der Waals surface area contributed by atoms with Crippen molar-refractivity contribution in [3.05, 3.63) is 56.5 Å². The molecule has 0 fully saturated rings. The predicted octanol–water partition coefficient (Wildman–Crippen LogP) is 4.78. The third-order valence-corrected chi connectivity index (χ3v) is 4.44. The van der Waals surface area contributed by atoms with Gasteiger partial charge in [-0.25, -0.2) is 0 Å². The summed E-state index contributed by atoms with van der Waals surface area (Å²) < 4.78 is 5.36. The highest BCUT2D eigenvalue weighted by Crippen LogP contribution is 2.30. The van der Waals surface area contributed by atoms with Gasteiger partial charge in [0.15, 0.2) is 6.61 Å². The molecule has 0 aliphatic rings. The first-order valence-corrected chi connectivity index (χ1v) is 8.85. The van der Waals surface area contributed by atoms with Gasteiger partial charge in [-0.3, -0.25) is 9.59 Å². The number of para-hydroxylation sites is 1. The number of nitrogens with one attached hydrogen (secondary N) is 1. The number of ether oxygens (including phenoxy) is 1. The minimum atomic E-state index is -0.444. The van der Waals surface area contributed by atoms with Gasteiger partial charge in [-0.05, 0) is 30.3 Å². The van der Waals surface area contributed by atoms with Crippen molar-refractivity contribution in [2.24, 2.45) is 0 Å². The first kappa shape index (κ1) is 20.6. The molecule has 0 unspecified atom stereocenters. The fourth-order valence-corrected chi connectivity index (χ4v) is 2.90. The molecule has 0 bridgehead atoms. The van der Waals surface area contributed by atoms with E-state index in [0.717, 1.165) is 0 Å². The number of hydrogen-bond donors (Lipinski definition) is 1. The van der Waals surface area contributed by atoms with E-state index in [-0.39, 0.29) is 13.2 Å². The zero-order valence-electron chi connectivity index (χ0n) is 13.6. The maximum Gasteiger partial charge on any atom is 0.260 e. The van der Waals surface area contributed by atoms with Crippen LogP contribution in [0.15, 0.2) is 36.4 Å². The standard InChI is InChI=1S/C17H14Cl4N2O3/c1-23(8-15(24)22-17-11(19)3-2-4-12(17)20)16(25)9-26-14-6-5-10(18)7-13(14)21/h2-7H,8-9H2,1H3,(H,22,24). The van der Waals surface area contributed by atoms with Crippen molar-refractivity contribution in [3.63, 3.8) is 0 Å². The summed E-state index contributed by atoms with van der Waals surface area (Å²) in [6.45, 7) is -0.476. The second-order valence-corrected chi connectivity index (χ2v) is 6.92. The molecule has 0 spiro atoms. The van der Waals surface area contributed by atoms with Crippen LogP contribution in [0.3, 0.4) is 0 Å². The average molecular weight is 436 g/mol. The van der Waals surface area contributed by atoms with E-state index in [2.05, 4.69) is 5.32 Å². The normalized spacial score (nSPS) is 10.3. The summed E-state index contributed by atoms with van der Waals surface area (Å²) in [6, 6.07) is 9.52. The number of benzene rings is 2. The molecule has 138 valence electrons. The fourth-order valence-electron chi connectivity index (χ4n) is 1.94. The molecule has 26 heavy (non-hydrogen) atoms. The number of hydrogen-bond acceptors (Lipinski definition) is 3. The Hall–Kier alpha value is -1.66. The van der Waals surface area contributed by atoms with E-state index >= 15 is 0 Å². The van der Waals surface area contributed by atoms with Gasteiger partial charge in [-0.15, -0.1) is 0 Å². The van der Waals surface area contributed by atoms with Gasteiger partial charge in [0.05, 0.1) is 27.3 Å². The molecule has 0 aliphatic carbocycles. The second kappa shape index (κ2) is 9.33. The van der Waals surface area contributed by atoms with Crippen molar-refractivity contribution < 1.29 is 14.3 Å². The summed E-state index contributed by atoms with van der Waals surface area (Å²) in [5, 5.41) is 3.94. The van der Waals surface area contributed by atoms with Gasteiger partial charge in [-0.2, -0.15) is 0 Å². The molecule has 1 N–H and O–H groups in total. The Morgan fingerprint density at radius 3 is 2.31 bits per heavy atom. The van der Waals surface area contributed by atoms with Crippen LogP contribution in [-0.2, 0) is 9.59 Å². The first-order valence-electron chi connectivity index (χ1n) is 7.33. The highest BCUT2D eigenvalue weighted by atomic mass is 35.5. The minimum absolute atomic E-state index is 0.196. The van der Waals surface area contributed by atoms with Gasteiger partial charge in [0.1, 0.15) is 5.75 Å². The van der Waals surface area contributed by atoms with Crippen molar-refractivity contribution in [2.75, 3.05) is 25.5 Å². The van der Waals surface area contributed by atoms with Crippen LogP contribution in [0, 0.1) is 0 Å². The molecule has 0 aliphatic heterocycles. The van der Waals surface area contributed by atoms with Crippen LogP contribution in [0.1, 0.15) is 0 Å². The number of nitrogens with zero attached hydrogens (tertiary/aromatic N) is 1. The summed E-state index contributed by atoms with van der Waals surface area (Å²) in [7, 11) is 1.48. The maximum atomic E-state index is 12.1. The maximum absolute atomic E-state index is 12.1. The Morgan fingerprint density at radius 2 is 1.69 bits per heavy atom. The van der Waals surface area contributed by atoms with Crippen LogP contribution in [-0.4, -0.2) is 36.9 Å². The van der Waals surface area contributed by atoms with Gasteiger partial charge in [0, 0.05) is 12.1 Å². The fraction of sp³-hybridized carbons (Fsp3) is 0.176. The van der Waals surface area contributed by atoms with Crippen molar-refractivity contribution in [1.82, 2.24) is 4.90 Å². The lowest BCUT2D eigenvalue weighted by Gasteiger charge is -2.18. The molecule has 0 aromatic heterocycles. The third-order valence-electron chi connectivity index (χ3n) is 3.28. The lowest BCUT2D eigenvalue weighted by molar-refractivity contribution is -0.135. The van der Waals surface area contributed by atoms with E-state index in [1.807, 2.05) is 0 Å². The van der Waals surface area contributed by atoms with Crippen molar-refractivity contribution in [1.29, 1.82) is 0 Å². The van der Waals surface area contributed by atoms with E-state index in [1.54, 1.807) is 30.3 Å². The molecule has 2 amide bonds. The molecule has 0 radical (unpaired) electrons. The number of halogens is 4. The Bertz CT molecular complexity index is 809. The molecule has 0 saturated carbocycles. The molecule has 2 aromatic carbocycles. The second-order valence-electron chi connectivity index (χ2n) is 5.26. The largest absolute Gasteiger partial charge is 0.482 e. The summed E-state index contributed by atoms with van der Waals surface area (Å²) >= 11 is 23.8. The summed E-state index contributed by atoms with van der Waals surface area (Å²) in [4.78, 5) is 25.4. The molecule has 0 saturated heterocycles. The zero-order chi connectivity index (χ0) is 19.3. The van der Waals surface area contributed by atoms with Gasteiger partial charge in [0.25, 0.3) is 5.91 Å². The molecule has 0 heterocycles. The summed E-state index contributed by atoms with van der Waals surface area (Å²) in [6.07, 6.45) is 0. The van der Waals surface area contributed by atoms with Gasteiger partial charge in [-0.1, -0.05) is 52.5 Å². The van der Waals surface area contributed by atoms with E-state index in [1.165, 1.54) is 18.0 Å². The van der Waals surface area contributed by atoms with Crippen LogP contribution in [0.5, 0.6) is 5.75 Å². The molecular formula is C17H14Cl4N2O3. The molecular weight excluding hydrogens is 422 g/mol. The van der Waals surface area contributed by atoms with Crippen LogP contribution in [0.2, 0.25) is 20.1 Å². The van der Waals surface area contributed by atoms with Crippen molar-refractivity contribution in [3.8, 4) is 5.75 Å².